The lowest BCUT2D eigenvalue weighted by molar-refractivity contribution is 0.234. The average molecular weight is 342 g/mol. The molecule has 1 aromatic carbocycles. The Bertz CT molecular complexity index is 859. The molecule has 0 bridgehead atoms. The number of hydrogen-bond acceptors (Lipinski definition) is 4. The predicted molar refractivity (Wildman–Crippen MR) is 83.5 cm³/mol. The van der Waals surface area contributed by atoms with E-state index in [0.717, 1.165) is 23.4 Å². The summed E-state index contributed by atoms with van der Waals surface area (Å²) in [7, 11) is -4.60. The predicted octanol–water partition coefficient (Wildman–Crippen LogP) is 2.60. The largest absolute Gasteiger partial charge is 0.381 e. The zero-order valence-electron chi connectivity index (χ0n) is 12.6. The van der Waals surface area contributed by atoms with Crippen LogP contribution in [-0.4, -0.2) is 19.2 Å². The molecule has 1 heterocycles. The van der Waals surface area contributed by atoms with Crippen LogP contribution in [0.25, 0.3) is 0 Å². The Morgan fingerprint density at radius 2 is 1.78 bits per heavy atom. The molecular weight excluding hydrogens is 326 g/mol. The SMILES string of the molecule is Cc1cc(C)c(CNc2ccc(S(=O)(=O)C(F)F)cc2)c(=O)[nH]1. The van der Waals surface area contributed by atoms with E-state index < -0.39 is 20.5 Å². The van der Waals surface area contributed by atoms with Gasteiger partial charge in [-0.1, -0.05) is 0 Å². The minimum Gasteiger partial charge on any atom is -0.381 e. The molecule has 2 aromatic rings. The minimum atomic E-state index is -4.60. The molecule has 5 nitrogen and oxygen atoms in total. The minimum absolute atomic E-state index is 0.202. The van der Waals surface area contributed by atoms with Crippen LogP contribution in [0.15, 0.2) is 40.0 Å². The van der Waals surface area contributed by atoms with E-state index in [9.17, 15) is 22.0 Å². The van der Waals surface area contributed by atoms with Crippen molar-refractivity contribution in [3.8, 4) is 0 Å². The molecule has 0 aliphatic rings. The third-order valence-corrected chi connectivity index (χ3v) is 4.78. The van der Waals surface area contributed by atoms with Crippen molar-refractivity contribution < 1.29 is 17.2 Å². The highest BCUT2D eigenvalue weighted by atomic mass is 32.2. The highest BCUT2D eigenvalue weighted by Gasteiger charge is 2.26. The van der Waals surface area contributed by atoms with Crippen molar-refractivity contribution in [2.75, 3.05) is 5.32 Å². The first-order valence-corrected chi connectivity index (χ1v) is 8.32. The van der Waals surface area contributed by atoms with E-state index >= 15 is 0 Å². The van der Waals surface area contributed by atoms with Crippen LogP contribution in [0.5, 0.6) is 0 Å². The van der Waals surface area contributed by atoms with Gasteiger partial charge < -0.3 is 10.3 Å². The average Bonchev–Trinajstić information content (AvgIpc) is 2.46. The molecular formula is C15H16F2N2O3S. The van der Waals surface area contributed by atoms with Crippen molar-refractivity contribution >= 4 is 15.5 Å². The second-order valence-corrected chi connectivity index (χ2v) is 7.04. The van der Waals surface area contributed by atoms with Crippen molar-refractivity contribution in [1.82, 2.24) is 4.98 Å². The van der Waals surface area contributed by atoms with Crippen LogP contribution in [0.3, 0.4) is 0 Å². The summed E-state index contributed by atoms with van der Waals surface area (Å²) < 4.78 is 47.6. The van der Waals surface area contributed by atoms with Gasteiger partial charge in [-0.3, -0.25) is 4.79 Å². The number of sulfone groups is 1. The maximum absolute atomic E-state index is 12.4. The zero-order valence-corrected chi connectivity index (χ0v) is 13.4. The maximum Gasteiger partial charge on any atom is 0.341 e. The number of pyridine rings is 1. The summed E-state index contributed by atoms with van der Waals surface area (Å²) >= 11 is 0. The number of aryl methyl sites for hydroxylation is 2. The van der Waals surface area contributed by atoms with Gasteiger partial charge in [0.2, 0.25) is 9.84 Å². The van der Waals surface area contributed by atoms with Gasteiger partial charge in [0.1, 0.15) is 0 Å². The maximum atomic E-state index is 12.4. The Balaban J connectivity index is 2.16. The Morgan fingerprint density at radius 3 is 2.30 bits per heavy atom. The lowest BCUT2D eigenvalue weighted by atomic mass is 10.1. The van der Waals surface area contributed by atoms with Crippen molar-refractivity contribution in [3.63, 3.8) is 0 Å². The second-order valence-electron chi connectivity index (χ2n) is 5.13. The molecule has 2 N–H and O–H groups in total. The third-order valence-electron chi connectivity index (χ3n) is 3.38. The van der Waals surface area contributed by atoms with Crippen molar-refractivity contribution in [1.29, 1.82) is 0 Å². The Kier molecular flexibility index (Phi) is 4.84. The normalized spacial score (nSPS) is 11.7. The number of aromatic nitrogens is 1. The van der Waals surface area contributed by atoms with Gasteiger partial charge in [0, 0.05) is 23.5 Å². The van der Waals surface area contributed by atoms with Crippen molar-refractivity contribution in [2.24, 2.45) is 0 Å². The van der Waals surface area contributed by atoms with Gasteiger partial charge in [0.25, 0.3) is 5.56 Å². The number of nitrogens with one attached hydrogen (secondary N) is 2. The van der Waals surface area contributed by atoms with Gasteiger partial charge in [0.05, 0.1) is 4.90 Å². The molecule has 0 saturated heterocycles. The molecule has 8 heteroatoms. The summed E-state index contributed by atoms with van der Waals surface area (Å²) in [6.07, 6.45) is 0. The highest BCUT2D eigenvalue weighted by molar-refractivity contribution is 7.91. The fourth-order valence-electron chi connectivity index (χ4n) is 2.16. The standard InChI is InChI=1S/C15H16F2N2O3S/c1-9-7-10(2)19-14(20)13(9)8-18-11-3-5-12(6-4-11)23(21,22)15(16)17/h3-7,15,18H,8H2,1-2H3,(H,19,20). The molecule has 0 saturated carbocycles. The number of benzene rings is 1. The van der Waals surface area contributed by atoms with Crippen molar-refractivity contribution in [2.45, 2.75) is 31.0 Å². The quantitative estimate of drug-likeness (QED) is 0.875. The molecule has 0 aliphatic heterocycles. The smallest absolute Gasteiger partial charge is 0.341 e. The summed E-state index contributed by atoms with van der Waals surface area (Å²) in [4.78, 5) is 14.1. The molecule has 0 spiro atoms. The molecule has 2 rings (SSSR count). The number of halogens is 2. The van der Waals surface area contributed by atoms with Crippen LogP contribution in [0.1, 0.15) is 16.8 Å². The Morgan fingerprint density at radius 1 is 1.17 bits per heavy atom. The lowest BCUT2D eigenvalue weighted by Gasteiger charge is -2.10. The molecule has 0 radical (unpaired) electrons. The molecule has 0 amide bonds. The van der Waals surface area contributed by atoms with E-state index in [1.165, 1.54) is 12.1 Å². The van der Waals surface area contributed by atoms with Gasteiger partial charge in [0.15, 0.2) is 0 Å². The summed E-state index contributed by atoms with van der Waals surface area (Å²) in [5, 5.41) is 2.97. The van der Waals surface area contributed by atoms with Gasteiger partial charge in [-0.05, 0) is 49.7 Å². The second kappa shape index (κ2) is 6.49. The molecule has 124 valence electrons. The van der Waals surface area contributed by atoms with Gasteiger partial charge in [-0.2, -0.15) is 8.78 Å². The Hall–Kier alpha value is -2.22. The van der Waals surface area contributed by atoms with Gasteiger partial charge >= 0.3 is 5.76 Å². The van der Waals surface area contributed by atoms with Crippen molar-refractivity contribution in [3.05, 3.63) is 57.5 Å². The molecule has 0 fully saturated rings. The molecule has 23 heavy (non-hydrogen) atoms. The number of alkyl halides is 2. The van der Waals surface area contributed by atoms with Crippen LogP contribution < -0.4 is 10.9 Å². The van der Waals surface area contributed by atoms with E-state index in [4.69, 9.17) is 0 Å². The van der Waals surface area contributed by atoms with Crippen LogP contribution in [0, 0.1) is 13.8 Å². The van der Waals surface area contributed by atoms with Crippen LogP contribution in [0.2, 0.25) is 0 Å². The first-order chi connectivity index (χ1) is 10.7. The summed E-state index contributed by atoms with van der Waals surface area (Å²) in [6, 6.07) is 6.82. The van der Waals surface area contributed by atoms with E-state index in [1.807, 2.05) is 13.0 Å². The first-order valence-electron chi connectivity index (χ1n) is 6.77. The van der Waals surface area contributed by atoms with Crippen LogP contribution >= 0.6 is 0 Å². The number of rotatable bonds is 5. The van der Waals surface area contributed by atoms with Gasteiger partial charge in [-0.15, -0.1) is 0 Å². The number of aromatic amines is 1. The summed E-state index contributed by atoms with van der Waals surface area (Å²) in [5.74, 6) is -3.45. The zero-order chi connectivity index (χ0) is 17.2. The van der Waals surface area contributed by atoms with E-state index in [0.29, 0.717) is 11.3 Å². The first kappa shape index (κ1) is 17.1. The monoisotopic (exact) mass is 342 g/mol. The Labute approximate surface area is 132 Å². The third kappa shape index (κ3) is 3.76. The molecule has 0 unspecified atom stereocenters. The number of hydrogen-bond donors (Lipinski definition) is 2. The lowest BCUT2D eigenvalue weighted by Crippen LogP contribution is -2.18. The van der Waals surface area contributed by atoms with E-state index in [2.05, 4.69) is 10.3 Å². The van der Waals surface area contributed by atoms with Crippen LogP contribution in [-0.2, 0) is 16.4 Å². The summed E-state index contributed by atoms with van der Waals surface area (Å²) in [5.41, 5.74) is 2.47. The summed E-state index contributed by atoms with van der Waals surface area (Å²) in [6.45, 7) is 3.84. The number of anilines is 1. The fourth-order valence-corrected chi connectivity index (χ4v) is 2.88. The van der Waals surface area contributed by atoms with E-state index in [1.54, 1.807) is 6.92 Å². The molecule has 1 aromatic heterocycles. The topological polar surface area (TPSA) is 79.0 Å². The molecule has 0 aliphatic carbocycles. The number of H-pyrrole nitrogens is 1. The van der Waals surface area contributed by atoms with Crippen LogP contribution in [0.4, 0.5) is 14.5 Å². The van der Waals surface area contributed by atoms with E-state index in [-0.39, 0.29) is 12.1 Å². The van der Waals surface area contributed by atoms with Gasteiger partial charge in [-0.25, -0.2) is 8.42 Å². The fraction of sp³-hybridized carbons (Fsp3) is 0.267. The molecule has 0 atom stereocenters. The highest BCUT2D eigenvalue weighted by Crippen LogP contribution is 2.20.